The number of nitrogens with one attached hydrogen (secondary N) is 1. The third-order valence-corrected chi connectivity index (χ3v) is 2.27. The Hall–Kier alpha value is 0.0700. The zero-order valence-corrected chi connectivity index (χ0v) is 5.37. The average molecular weight is 135 g/mol. The molecule has 1 heterocycles. The van der Waals surface area contributed by atoms with Crippen LogP contribution in [0.15, 0.2) is 0 Å². The van der Waals surface area contributed by atoms with E-state index in [1.54, 1.807) is 0 Å². The molecular weight excluding hydrogens is 126 g/mol. The van der Waals surface area contributed by atoms with Gasteiger partial charge in [-0.1, -0.05) is 0 Å². The van der Waals surface area contributed by atoms with Crippen molar-refractivity contribution in [2.24, 2.45) is 0 Å². The van der Waals surface area contributed by atoms with Crippen molar-refractivity contribution >= 4 is 11.0 Å². The number of hydrogen-bond acceptors (Lipinski definition) is 2. The predicted molar refractivity (Wildman–Crippen MR) is 30.1 cm³/mol. The summed E-state index contributed by atoms with van der Waals surface area (Å²) in [7, 11) is 2.71. The van der Waals surface area contributed by atoms with Crippen molar-refractivity contribution in [3.63, 3.8) is 0 Å². The Bertz CT molecular complexity index is 106. The SMILES string of the molecule is [CH2-][NH+]1CCOCS1=O. The van der Waals surface area contributed by atoms with E-state index in [9.17, 15) is 4.21 Å². The van der Waals surface area contributed by atoms with E-state index in [0.717, 1.165) is 10.8 Å². The van der Waals surface area contributed by atoms with Gasteiger partial charge in [0.25, 0.3) is 0 Å². The highest BCUT2D eigenvalue weighted by molar-refractivity contribution is 7.78. The molecule has 1 saturated heterocycles. The van der Waals surface area contributed by atoms with Gasteiger partial charge < -0.3 is 9.04 Å². The van der Waals surface area contributed by atoms with E-state index >= 15 is 0 Å². The Morgan fingerprint density at radius 1 is 1.75 bits per heavy atom. The van der Waals surface area contributed by atoms with Gasteiger partial charge in [-0.15, -0.1) is 7.05 Å². The molecule has 8 heavy (non-hydrogen) atoms. The van der Waals surface area contributed by atoms with Crippen molar-refractivity contribution in [3.05, 3.63) is 7.05 Å². The minimum absolute atomic E-state index is 0.346. The van der Waals surface area contributed by atoms with E-state index in [1.807, 2.05) is 0 Å². The van der Waals surface area contributed by atoms with Gasteiger partial charge in [-0.2, -0.15) is 4.21 Å². The molecule has 0 amide bonds. The Balaban J connectivity index is 2.39. The number of hydrogen-bond donors (Lipinski definition) is 1. The van der Waals surface area contributed by atoms with Crippen molar-refractivity contribution < 1.29 is 13.3 Å². The van der Waals surface area contributed by atoms with Gasteiger partial charge in [0.1, 0.15) is 0 Å². The molecule has 0 aromatic heterocycles. The van der Waals surface area contributed by atoms with E-state index in [0.29, 0.717) is 12.5 Å². The van der Waals surface area contributed by atoms with Crippen LogP contribution in [-0.2, 0) is 15.7 Å². The first-order valence-corrected chi connectivity index (χ1v) is 3.76. The lowest BCUT2D eigenvalue weighted by atomic mass is 10.7. The van der Waals surface area contributed by atoms with E-state index in [4.69, 9.17) is 4.74 Å². The van der Waals surface area contributed by atoms with Gasteiger partial charge >= 0.3 is 0 Å². The van der Waals surface area contributed by atoms with Crippen LogP contribution in [0, 0.1) is 7.05 Å². The van der Waals surface area contributed by atoms with Gasteiger partial charge in [-0.05, 0) is 0 Å². The molecule has 1 fully saturated rings. The molecule has 1 N–H and O–H groups in total. The molecule has 48 valence electrons. The molecular formula is C4H9NO2S. The molecule has 2 unspecified atom stereocenters. The largest absolute Gasteiger partial charge is 0.377 e. The minimum Gasteiger partial charge on any atom is -0.377 e. The summed E-state index contributed by atoms with van der Waals surface area (Å²) in [6.07, 6.45) is 0. The van der Waals surface area contributed by atoms with E-state index in [2.05, 4.69) is 7.05 Å². The molecule has 0 saturated carbocycles. The summed E-state index contributed by atoms with van der Waals surface area (Å²) in [6.45, 7) is 1.44. The van der Waals surface area contributed by atoms with Crippen molar-refractivity contribution in [2.75, 3.05) is 19.1 Å². The summed E-state index contributed by atoms with van der Waals surface area (Å²) in [4.78, 5) is 0. The van der Waals surface area contributed by atoms with Crippen LogP contribution >= 0.6 is 0 Å². The smallest absolute Gasteiger partial charge is 0.205 e. The zero-order chi connectivity index (χ0) is 5.98. The maximum absolute atomic E-state index is 10.7. The normalized spacial score (nSPS) is 39.6. The maximum atomic E-state index is 10.7. The lowest BCUT2D eigenvalue weighted by Crippen LogP contribution is -3.08. The molecule has 1 aliphatic rings. The molecule has 0 radical (unpaired) electrons. The fraction of sp³-hybridized carbons (Fsp3) is 0.750. The molecule has 0 aromatic rings. The van der Waals surface area contributed by atoms with Gasteiger partial charge in [0.05, 0.1) is 13.2 Å². The Morgan fingerprint density at radius 2 is 2.50 bits per heavy atom. The number of quaternary nitrogens is 1. The van der Waals surface area contributed by atoms with E-state index < -0.39 is 11.0 Å². The minimum atomic E-state index is -0.902. The van der Waals surface area contributed by atoms with E-state index in [1.165, 1.54) is 0 Å². The molecule has 2 atom stereocenters. The number of ether oxygens (including phenoxy) is 1. The number of rotatable bonds is 0. The predicted octanol–water partition coefficient (Wildman–Crippen LogP) is -1.69. The summed E-state index contributed by atoms with van der Waals surface area (Å²) in [6, 6.07) is 0. The highest BCUT2D eigenvalue weighted by Gasteiger charge is 2.12. The summed E-state index contributed by atoms with van der Waals surface area (Å²) in [5, 5.41) is 0. The summed E-state index contributed by atoms with van der Waals surface area (Å²) in [5.41, 5.74) is 0. The van der Waals surface area contributed by atoms with Crippen LogP contribution < -0.4 is 4.31 Å². The summed E-state index contributed by atoms with van der Waals surface area (Å²) < 4.78 is 16.4. The van der Waals surface area contributed by atoms with Gasteiger partial charge in [0.15, 0.2) is 5.94 Å². The van der Waals surface area contributed by atoms with Gasteiger partial charge in [0.2, 0.25) is 11.0 Å². The second-order valence-corrected chi connectivity index (χ2v) is 3.16. The Labute approximate surface area is 51.2 Å². The van der Waals surface area contributed by atoms with Crippen molar-refractivity contribution in [1.82, 2.24) is 0 Å². The van der Waals surface area contributed by atoms with Crippen LogP contribution in [0.2, 0.25) is 0 Å². The monoisotopic (exact) mass is 135 g/mol. The lowest BCUT2D eigenvalue weighted by Gasteiger charge is -2.22. The fourth-order valence-electron chi connectivity index (χ4n) is 0.518. The molecule has 1 aliphatic heterocycles. The van der Waals surface area contributed by atoms with Gasteiger partial charge in [0, 0.05) is 0 Å². The second kappa shape index (κ2) is 2.57. The summed E-state index contributed by atoms with van der Waals surface area (Å²) in [5.74, 6) is 0.346. The first-order valence-electron chi connectivity index (χ1n) is 2.44. The summed E-state index contributed by atoms with van der Waals surface area (Å²) >= 11 is 0. The topological polar surface area (TPSA) is 30.7 Å². The Kier molecular flexibility index (Phi) is 1.99. The van der Waals surface area contributed by atoms with Gasteiger partial charge in [-0.25, -0.2) is 0 Å². The zero-order valence-electron chi connectivity index (χ0n) is 4.55. The molecule has 4 heteroatoms. The highest BCUT2D eigenvalue weighted by atomic mass is 32.2. The molecule has 3 nitrogen and oxygen atoms in total. The quantitative estimate of drug-likeness (QED) is 0.402. The van der Waals surface area contributed by atoms with Crippen molar-refractivity contribution in [2.45, 2.75) is 0 Å². The van der Waals surface area contributed by atoms with Crippen molar-refractivity contribution in [1.29, 1.82) is 0 Å². The average Bonchev–Trinajstić information content (AvgIpc) is 1.77. The van der Waals surface area contributed by atoms with Crippen LogP contribution in [0.5, 0.6) is 0 Å². The molecule has 0 spiro atoms. The maximum Gasteiger partial charge on any atom is 0.205 e. The third kappa shape index (κ3) is 1.27. The highest BCUT2D eigenvalue weighted by Crippen LogP contribution is 1.79. The van der Waals surface area contributed by atoms with Gasteiger partial charge in [-0.3, -0.25) is 0 Å². The third-order valence-electron chi connectivity index (χ3n) is 1.04. The first-order chi connectivity index (χ1) is 3.80. The molecule has 1 rings (SSSR count). The van der Waals surface area contributed by atoms with Crippen LogP contribution in [-0.4, -0.2) is 23.3 Å². The Morgan fingerprint density at radius 3 is 2.88 bits per heavy atom. The van der Waals surface area contributed by atoms with Crippen LogP contribution in [0.1, 0.15) is 0 Å². The van der Waals surface area contributed by atoms with Crippen LogP contribution in [0.3, 0.4) is 0 Å². The van der Waals surface area contributed by atoms with E-state index in [-0.39, 0.29) is 0 Å². The molecule has 0 aromatic carbocycles. The van der Waals surface area contributed by atoms with Crippen LogP contribution in [0.25, 0.3) is 0 Å². The first kappa shape index (κ1) is 6.19. The second-order valence-electron chi connectivity index (χ2n) is 1.66. The standard InChI is InChI=1S/C4H9NO2S/c1-5-2-3-7-4-8(5)6/h5H,1-4H2. The lowest BCUT2D eigenvalue weighted by molar-refractivity contribution is -0.715. The fourth-order valence-corrected chi connectivity index (χ4v) is 1.26. The van der Waals surface area contributed by atoms with Crippen LogP contribution in [0.4, 0.5) is 0 Å². The molecule has 0 aliphatic carbocycles. The van der Waals surface area contributed by atoms with Crippen molar-refractivity contribution in [3.8, 4) is 0 Å². The molecule has 0 bridgehead atoms.